The third-order valence-electron chi connectivity index (χ3n) is 2.49. The van der Waals surface area contributed by atoms with Crippen molar-refractivity contribution in [1.29, 1.82) is 0 Å². The van der Waals surface area contributed by atoms with Gasteiger partial charge in [-0.25, -0.2) is 10.2 Å². The van der Waals surface area contributed by atoms with E-state index in [1.54, 1.807) is 6.08 Å². The summed E-state index contributed by atoms with van der Waals surface area (Å²) in [7, 11) is 0. The number of hydrogen-bond acceptors (Lipinski definition) is 6. The third-order valence-corrected chi connectivity index (χ3v) is 2.49. The monoisotopic (exact) mass is 334 g/mol. The minimum atomic E-state index is -2.07. The molecule has 2 atom stereocenters. The van der Waals surface area contributed by atoms with Crippen molar-refractivity contribution in [3.63, 3.8) is 0 Å². The summed E-state index contributed by atoms with van der Waals surface area (Å²) in [5, 5.41) is 26.1. The van der Waals surface area contributed by atoms with Crippen molar-refractivity contribution < 1.29 is 40.3 Å². The van der Waals surface area contributed by atoms with Gasteiger partial charge in [0.1, 0.15) is 0 Å². The molecule has 9 heteroatoms. The van der Waals surface area contributed by atoms with Crippen molar-refractivity contribution >= 4 is 17.8 Å². The number of aliphatic hydroxyl groups excluding tert-OH is 1. The molecule has 23 heavy (non-hydrogen) atoms. The molecule has 0 fully saturated rings. The highest BCUT2D eigenvalue weighted by Crippen LogP contribution is 2.12. The number of quaternary nitrogens is 1. The molecule has 0 saturated carbocycles. The summed E-state index contributed by atoms with van der Waals surface area (Å²) in [5.74, 6) is -0.698. The zero-order valence-corrected chi connectivity index (χ0v) is 13.5. The van der Waals surface area contributed by atoms with Crippen LogP contribution in [0.1, 0.15) is 26.7 Å². The molecule has 0 heterocycles. The first-order chi connectivity index (χ1) is 10.6. The van der Waals surface area contributed by atoms with Crippen LogP contribution in [0.4, 0.5) is 0 Å². The van der Waals surface area contributed by atoms with Crippen LogP contribution in [0.15, 0.2) is 12.7 Å². The summed E-state index contributed by atoms with van der Waals surface area (Å²) in [6.07, 6.45) is 1.94. The molecular formula is C14H26N2O7. The van der Waals surface area contributed by atoms with Gasteiger partial charge in [-0.3, -0.25) is 10.6 Å². The van der Waals surface area contributed by atoms with Crippen LogP contribution >= 0.6 is 0 Å². The van der Waals surface area contributed by atoms with Gasteiger partial charge < -0.3 is 24.9 Å². The van der Waals surface area contributed by atoms with Gasteiger partial charge in [-0.15, -0.1) is 6.58 Å². The van der Waals surface area contributed by atoms with E-state index in [1.807, 2.05) is 13.8 Å². The summed E-state index contributed by atoms with van der Waals surface area (Å²) >= 11 is 0. The summed E-state index contributed by atoms with van der Waals surface area (Å²) in [4.78, 5) is 29.5. The Labute approximate surface area is 135 Å². The molecule has 0 aliphatic carbocycles. The average Bonchev–Trinajstić information content (AvgIpc) is 2.46. The molecule has 0 aliphatic heterocycles. The van der Waals surface area contributed by atoms with Crippen LogP contribution in [0.5, 0.6) is 0 Å². The number of nitrogens with one attached hydrogen (secondary N) is 1. The third kappa shape index (κ3) is 14.7. The maximum Gasteiger partial charge on any atom is 0.351 e. The van der Waals surface area contributed by atoms with Gasteiger partial charge in [-0.05, 0) is 18.8 Å². The Morgan fingerprint density at radius 1 is 1.35 bits per heavy atom. The van der Waals surface area contributed by atoms with E-state index in [0.29, 0.717) is 25.4 Å². The lowest BCUT2D eigenvalue weighted by Crippen LogP contribution is -2.68. The van der Waals surface area contributed by atoms with Crippen molar-refractivity contribution in [2.24, 2.45) is 11.8 Å². The number of carboxylic acids is 2. The Balaban J connectivity index is 0. The maximum atomic E-state index is 11.4. The second-order valence-corrected chi connectivity index (χ2v) is 5.18. The predicted octanol–water partition coefficient (Wildman–Crippen LogP) is -2.30. The number of carbonyl (C=O) groups excluding carboxylic acids is 2. The van der Waals surface area contributed by atoms with Gasteiger partial charge in [-0.1, -0.05) is 19.9 Å². The van der Waals surface area contributed by atoms with Crippen LogP contribution in [0, 0.1) is 11.8 Å². The number of aliphatic hydroxyl groups is 1. The van der Waals surface area contributed by atoms with E-state index in [1.165, 1.54) is 0 Å². The molecule has 0 bridgehead atoms. The van der Waals surface area contributed by atoms with Gasteiger partial charge in [0, 0.05) is 12.5 Å². The van der Waals surface area contributed by atoms with E-state index in [2.05, 4.69) is 17.8 Å². The Morgan fingerprint density at radius 3 is 2.22 bits per heavy atom. The molecule has 134 valence electrons. The second kappa shape index (κ2) is 13.7. The van der Waals surface area contributed by atoms with E-state index >= 15 is 0 Å². The Morgan fingerprint density at radius 2 is 1.87 bits per heavy atom. The quantitative estimate of drug-likeness (QED) is 0.209. The zero-order valence-electron chi connectivity index (χ0n) is 13.5. The van der Waals surface area contributed by atoms with Gasteiger partial charge >= 0.3 is 5.97 Å². The standard InChI is InChI=1S/C12H24N2O3.C2H2O4/c1-4-5-10(12(16)14-13)6-11(15)8-17-7-9(2)3;3-1(4)2(5)6/h4,9-11,15H,1,5-8,13H2,2-3H3,(H,14,16);(H,3,4)(H,5,6). The molecule has 6 N–H and O–H groups in total. The van der Waals surface area contributed by atoms with E-state index in [0.717, 1.165) is 0 Å². The van der Waals surface area contributed by atoms with Crippen molar-refractivity contribution in [1.82, 2.24) is 5.43 Å². The number of carbonyl (C=O) groups is 3. The van der Waals surface area contributed by atoms with Crippen molar-refractivity contribution in [3.05, 3.63) is 12.7 Å². The van der Waals surface area contributed by atoms with Crippen LogP contribution in [0.3, 0.4) is 0 Å². The fourth-order valence-corrected chi connectivity index (χ4v) is 1.49. The fourth-order valence-electron chi connectivity index (χ4n) is 1.49. The number of ether oxygens (including phenoxy) is 1. The largest absolute Gasteiger partial charge is 0.539 e. The Hall–Kier alpha value is -1.97. The summed E-state index contributed by atoms with van der Waals surface area (Å²) in [6, 6.07) is 0. The first-order valence-electron chi connectivity index (χ1n) is 7.03. The van der Waals surface area contributed by atoms with Crippen LogP contribution in [-0.2, 0) is 19.1 Å². The van der Waals surface area contributed by atoms with Gasteiger partial charge in [0.25, 0.3) is 5.91 Å². The molecule has 0 aliphatic rings. The maximum absolute atomic E-state index is 11.4. The van der Waals surface area contributed by atoms with E-state index in [-0.39, 0.29) is 18.4 Å². The number of allylic oxidation sites excluding steroid dienone is 1. The number of aliphatic carboxylic acids is 2. The summed E-state index contributed by atoms with van der Waals surface area (Å²) in [6.45, 7) is 8.56. The predicted molar refractivity (Wildman–Crippen MR) is 78.3 cm³/mol. The van der Waals surface area contributed by atoms with E-state index in [4.69, 9.17) is 24.5 Å². The smallest absolute Gasteiger partial charge is 0.351 e. The normalized spacial score (nSPS) is 12.6. The van der Waals surface area contributed by atoms with Crippen molar-refractivity contribution in [2.75, 3.05) is 13.2 Å². The molecule has 0 saturated heterocycles. The van der Waals surface area contributed by atoms with E-state index < -0.39 is 18.0 Å². The van der Waals surface area contributed by atoms with Gasteiger partial charge in [-0.2, -0.15) is 0 Å². The molecule has 2 unspecified atom stereocenters. The molecule has 0 aromatic heterocycles. The lowest BCUT2D eigenvalue weighted by Gasteiger charge is -2.17. The molecule has 0 aromatic rings. The topological polar surface area (TPSA) is 164 Å². The van der Waals surface area contributed by atoms with Gasteiger partial charge in [0.15, 0.2) is 5.97 Å². The number of hydrogen-bond donors (Lipinski definition) is 4. The Kier molecular flexibility index (Phi) is 13.9. The fraction of sp³-hybridized carbons (Fsp3) is 0.643. The number of rotatable bonds is 9. The highest BCUT2D eigenvalue weighted by Gasteiger charge is 2.21. The van der Waals surface area contributed by atoms with E-state index in [9.17, 15) is 9.90 Å². The first kappa shape index (κ1) is 23.3. The van der Waals surface area contributed by atoms with Crippen LogP contribution in [0.2, 0.25) is 0 Å². The van der Waals surface area contributed by atoms with Crippen molar-refractivity contribution in [3.8, 4) is 0 Å². The lowest BCUT2D eigenvalue weighted by molar-refractivity contribution is -0.428. The summed E-state index contributed by atoms with van der Waals surface area (Å²) in [5.41, 5.74) is 2.34. The average molecular weight is 334 g/mol. The molecule has 0 aromatic carbocycles. The zero-order chi connectivity index (χ0) is 18.4. The highest BCUT2D eigenvalue weighted by atomic mass is 16.5. The SMILES string of the molecule is C=CCC(CC(O)COCC(C)C)C(=O)N[NH3+].O=C([O-])C(=O)O. The van der Waals surface area contributed by atoms with Crippen LogP contribution < -0.4 is 16.4 Å². The molecule has 9 nitrogen and oxygen atoms in total. The minimum Gasteiger partial charge on any atom is -0.539 e. The minimum absolute atomic E-state index is 0.173. The highest BCUT2D eigenvalue weighted by molar-refractivity contribution is 6.26. The molecule has 0 spiro atoms. The van der Waals surface area contributed by atoms with Crippen LogP contribution in [-0.4, -0.2) is 47.4 Å². The number of amides is 1. The lowest BCUT2D eigenvalue weighted by atomic mass is 9.97. The van der Waals surface area contributed by atoms with Crippen molar-refractivity contribution in [2.45, 2.75) is 32.8 Å². The first-order valence-corrected chi connectivity index (χ1v) is 7.03. The Bertz CT molecular complexity index is 373. The van der Waals surface area contributed by atoms with Gasteiger partial charge in [0.2, 0.25) is 0 Å². The molecule has 1 amide bonds. The summed E-state index contributed by atoms with van der Waals surface area (Å²) < 4.78 is 5.33. The molecule has 0 rings (SSSR count). The molecular weight excluding hydrogens is 308 g/mol. The van der Waals surface area contributed by atoms with Crippen LogP contribution in [0.25, 0.3) is 0 Å². The molecule has 0 radical (unpaired) electrons. The second-order valence-electron chi connectivity index (χ2n) is 5.18. The number of carboxylic acid groups (broad SMARTS) is 2. The van der Waals surface area contributed by atoms with Gasteiger partial charge in [0.05, 0.1) is 12.7 Å².